The summed E-state index contributed by atoms with van der Waals surface area (Å²) in [7, 11) is 2.13. The van der Waals surface area contributed by atoms with Gasteiger partial charge in [0, 0.05) is 46.5 Å². The highest BCUT2D eigenvalue weighted by Gasteiger charge is 2.33. The van der Waals surface area contributed by atoms with E-state index < -0.39 is 0 Å². The summed E-state index contributed by atoms with van der Waals surface area (Å²) in [5, 5.41) is 1.48. The minimum Gasteiger partial charge on any atom is -0.462 e. The molecule has 0 saturated carbocycles. The normalized spacial score (nSPS) is 20.8. The number of halogens is 1. The van der Waals surface area contributed by atoms with Crippen LogP contribution < -0.4 is 9.64 Å². The van der Waals surface area contributed by atoms with Gasteiger partial charge in [-0.25, -0.2) is 6.57 Å². The Hall–Kier alpha value is -3.32. The van der Waals surface area contributed by atoms with Crippen molar-refractivity contribution in [3.63, 3.8) is 0 Å². The number of benzene rings is 2. The van der Waals surface area contributed by atoms with Crippen LogP contribution in [0.2, 0.25) is 5.02 Å². The third-order valence-electron chi connectivity index (χ3n) is 8.61. The van der Waals surface area contributed by atoms with Crippen LogP contribution >= 0.6 is 23.4 Å². The van der Waals surface area contributed by atoms with E-state index in [4.69, 9.17) is 32.9 Å². The number of anilines is 1. The van der Waals surface area contributed by atoms with Gasteiger partial charge in [0.25, 0.3) is 0 Å². The summed E-state index contributed by atoms with van der Waals surface area (Å²) in [5.41, 5.74) is 4.22. The molecule has 8 nitrogen and oxygen atoms in total. The number of carbonyl (C=O) groups excluding carboxylic acids is 1. The highest BCUT2D eigenvalue weighted by Crippen LogP contribution is 2.41. The molecule has 3 aromatic rings. The second-order valence-corrected chi connectivity index (χ2v) is 12.7. The Balaban J connectivity index is 1.42. The molecule has 42 heavy (non-hydrogen) atoms. The van der Waals surface area contributed by atoms with E-state index in [9.17, 15) is 4.79 Å². The fourth-order valence-electron chi connectivity index (χ4n) is 6.34. The van der Waals surface area contributed by atoms with E-state index in [1.165, 1.54) is 16.5 Å². The quantitative estimate of drug-likeness (QED) is 0.258. The zero-order valence-electron chi connectivity index (χ0n) is 23.9. The zero-order valence-corrected chi connectivity index (χ0v) is 25.5. The molecule has 0 spiro atoms. The van der Waals surface area contributed by atoms with Gasteiger partial charge in [0.2, 0.25) is 12.5 Å². The number of aromatic nitrogens is 2. The smallest absolute Gasteiger partial charge is 0.319 e. The molecule has 0 aliphatic carbocycles. The van der Waals surface area contributed by atoms with Gasteiger partial charge in [-0.1, -0.05) is 30.3 Å². The van der Waals surface area contributed by atoms with Crippen LogP contribution in [0, 0.1) is 6.57 Å². The lowest BCUT2D eigenvalue weighted by atomic mass is 9.95. The van der Waals surface area contributed by atoms with Crippen LogP contribution in [0.15, 0.2) is 47.9 Å². The van der Waals surface area contributed by atoms with Gasteiger partial charge in [-0.05, 0) is 80.4 Å². The summed E-state index contributed by atoms with van der Waals surface area (Å²) in [4.78, 5) is 33.5. The number of hydrogen-bond acceptors (Lipinski definition) is 7. The standard InChI is InChI=1S/C32H35ClN6O2S/c1-4-30(40)39-14-13-38(19-22(39)18-34-2)31-26-16-27(33)25(23-9-5-11-29-24(23)10-7-15-42-29)17-28(26)35-32(36-31)41-20-21-8-6-12-37(21)3/h4-5,9,11,16-17,21-22H,1,6-8,10,12-15,18-20H2,3H3/t21-,22-/m0/s1. The van der Waals surface area contributed by atoms with E-state index in [-0.39, 0.29) is 18.5 Å². The van der Waals surface area contributed by atoms with E-state index in [0.29, 0.717) is 43.3 Å². The summed E-state index contributed by atoms with van der Waals surface area (Å²) in [6, 6.07) is 10.9. The average Bonchev–Trinajstić information content (AvgIpc) is 3.43. The molecule has 2 aromatic carbocycles. The van der Waals surface area contributed by atoms with Crippen LogP contribution in [0.5, 0.6) is 6.01 Å². The number of thioether (sulfide) groups is 1. The van der Waals surface area contributed by atoms with E-state index >= 15 is 0 Å². The number of ether oxygens (including phenoxy) is 1. The molecule has 0 N–H and O–H groups in total. The van der Waals surface area contributed by atoms with Crippen LogP contribution in [0.25, 0.3) is 26.9 Å². The van der Waals surface area contributed by atoms with Crippen molar-refractivity contribution in [2.75, 3.05) is 57.0 Å². The number of carbonyl (C=O) groups is 1. The molecule has 2 saturated heterocycles. The number of likely N-dealkylation sites (N-methyl/N-ethyl adjacent to an activating group) is 1. The maximum atomic E-state index is 12.5. The third kappa shape index (κ3) is 5.68. The minimum atomic E-state index is -0.272. The molecular weight excluding hydrogens is 568 g/mol. The number of fused-ring (bicyclic) bond motifs is 2. The number of piperazine rings is 1. The van der Waals surface area contributed by atoms with Crippen LogP contribution in [-0.4, -0.2) is 89.9 Å². The van der Waals surface area contributed by atoms with E-state index in [2.05, 4.69) is 52.5 Å². The van der Waals surface area contributed by atoms with Crippen molar-refractivity contribution >= 4 is 46.0 Å². The maximum absolute atomic E-state index is 12.5. The van der Waals surface area contributed by atoms with Crippen LogP contribution in [-0.2, 0) is 11.2 Å². The fraction of sp³-hybridized carbons (Fsp3) is 0.438. The Morgan fingerprint density at radius 1 is 1.21 bits per heavy atom. The first-order valence-electron chi connectivity index (χ1n) is 14.6. The number of amides is 1. The molecule has 0 unspecified atom stereocenters. The molecule has 3 aliphatic heterocycles. The molecule has 10 heteroatoms. The Kier molecular flexibility index (Phi) is 8.57. The largest absolute Gasteiger partial charge is 0.462 e. The predicted molar refractivity (Wildman–Crippen MR) is 170 cm³/mol. The number of rotatable bonds is 7. The SMILES string of the molecule is [C-]#[N+]C[C@H]1CN(c2nc(OC[C@@H]3CCCN3C)nc3cc(-c4cccc5c4CCCS5)c(Cl)cc23)CCN1C(=O)C=C. The maximum Gasteiger partial charge on any atom is 0.319 e. The van der Waals surface area contributed by atoms with Gasteiger partial charge in [0.05, 0.1) is 5.52 Å². The van der Waals surface area contributed by atoms with Gasteiger partial charge >= 0.3 is 6.01 Å². The summed E-state index contributed by atoms with van der Waals surface area (Å²) in [6.07, 6.45) is 5.74. The first kappa shape index (κ1) is 28.8. The highest BCUT2D eigenvalue weighted by atomic mass is 35.5. The summed E-state index contributed by atoms with van der Waals surface area (Å²) >= 11 is 8.94. The molecule has 4 heterocycles. The lowest BCUT2D eigenvalue weighted by molar-refractivity contribution is -0.128. The van der Waals surface area contributed by atoms with Crippen LogP contribution in [0.1, 0.15) is 24.8 Å². The second kappa shape index (κ2) is 12.5. The van der Waals surface area contributed by atoms with Gasteiger partial charge in [0.1, 0.15) is 18.5 Å². The zero-order chi connectivity index (χ0) is 29.2. The minimum absolute atomic E-state index is 0.155. The summed E-state index contributed by atoms with van der Waals surface area (Å²) < 4.78 is 6.26. The van der Waals surface area contributed by atoms with Crippen molar-refractivity contribution in [3.8, 4) is 17.1 Å². The van der Waals surface area contributed by atoms with Crippen molar-refractivity contribution in [2.24, 2.45) is 0 Å². The van der Waals surface area contributed by atoms with Gasteiger partial charge < -0.3 is 24.3 Å². The van der Waals surface area contributed by atoms with E-state index in [1.54, 1.807) is 4.90 Å². The Morgan fingerprint density at radius 3 is 2.88 bits per heavy atom. The molecular formula is C32H35ClN6O2S. The molecule has 218 valence electrons. The fourth-order valence-corrected chi connectivity index (χ4v) is 7.68. The van der Waals surface area contributed by atoms with Gasteiger partial charge in [-0.3, -0.25) is 4.79 Å². The number of likely N-dealkylation sites (tertiary alicyclic amines) is 1. The van der Waals surface area contributed by atoms with Crippen LogP contribution in [0.3, 0.4) is 0 Å². The Labute approximate surface area is 256 Å². The molecule has 2 fully saturated rings. The van der Waals surface area contributed by atoms with E-state index in [1.807, 2.05) is 17.8 Å². The van der Waals surface area contributed by atoms with Gasteiger partial charge in [-0.2, -0.15) is 9.97 Å². The lowest BCUT2D eigenvalue weighted by Crippen LogP contribution is -2.56. The number of nitrogens with zero attached hydrogens (tertiary/aromatic N) is 6. The molecule has 1 aromatic heterocycles. The monoisotopic (exact) mass is 602 g/mol. The molecule has 0 bridgehead atoms. The second-order valence-electron chi connectivity index (χ2n) is 11.2. The number of hydrogen-bond donors (Lipinski definition) is 0. The van der Waals surface area contributed by atoms with Crippen molar-refractivity contribution < 1.29 is 9.53 Å². The van der Waals surface area contributed by atoms with Crippen LogP contribution in [0.4, 0.5) is 5.82 Å². The molecule has 6 rings (SSSR count). The molecule has 3 aliphatic rings. The first-order chi connectivity index (χ1) is 20.5. The summed E-state index contributed by atoms with van der Waals surface area (Å²) in [5.74, 6) is 1.70. The molecule has 0 radical (unpaired) electrons. The molecule has 2 atom stereocenters. The average molecular weight is 603 g/mol. The third-order valence-corrected chi connectivity index (χ3v) is 10.1. The van der Waals surface area contributed by atoms with Crippen molar-refractivity contribution in [2.45, 2.75) is 42.7 Å². The van der Waals surface area contributed by atoms with Crippen molar-refractivity contribution in [3.05, 3.63) is 65.0 Å². The van der Waals surface area contributed by atoms with Gasteiger partial charge in [-0.15, -0.1) is 11.8 Å². The van der Waals surface area contributed by atoms with Gasteiger partial charge in [0.15, 0.2) is 0 Å². The predicted octanol–water partition coefficient (Wildman–Crippen LogP) is 5.58. The lowest BCUT2D eigenvalue weighted by Gasteiger charge is -2.39. The summed E-state index contributed by atoms with van der Waals surface area (Å²) in [6.45, 7) is 14.4. The van der Waals surface area contributed by atoms with Crippen molar-refractivity contribution in [1.29, 1.82) is 0 Å². The highest BCUT2D eigenvalue weighted by molar-refractivity contribution is 7.99. The Morgan fingerprint density at radius 2 is 2.10 bits per heavy atom. The topological polar surface area (TPSA) is 66.2 Å². The first-order valence-corrected chi connectivity index (χ1v) is 15.9. The van der Waals surface area contributed by atoms with Crippen molar-refractivity contribution in [1.82, 2.24) is 19.8 Å². The molecule has 1 amide bonds. The Bertz CT molecular complexity index is 1560. The van der Waals surface area contributed by atoms with E-state index in [0.717, 1.165) is 65.8 Å².